The summed E-state index contributed by atoms with van der Waals surface area (Å²) in [5, 5.41) is 5.98. The highest BCUT2D eigenvalue weighted by molar-refractivity contribution is 6.30. The number of rotatable bonds is 3. The lowest BCUT2D eigenvalue weighted by Gasteiger charge is -2.13. The van der Waals surface area contributed by atoms with Crippen molar-refractivity contribution in [3.63, 3.8) is 0 Å². The molecule has 1 heterocycles. The zero-order chi connectivity index (χ0) is 19.8. The van der Waals surface area contributed by atoms with Crippen molar-refractivity contribution in [2.45, 2.75) is 6.18 Å². The number of carbonyl (C=O) groups excluding carboxylic acids is 1. The Bertz CT molecular complexity index is 997. The van der Waals surface area contributed by atoms with E-state index in [-0.39, 0.29) is 5.69 Å². The molecule has 0 radical (unpaired) electrons. The van der Waals surface area contributed by atoms with Gasteiger partial charge < -0.3 is 5.32 Å². The largest absolute Gasteiger partial charge is 0.435 e. The first-order chi connectivity index (χ1) is 12.7. The number of para-hydroxylation sites is 1. The lowest BCUT2D eigenvalue weighted by molar-refractivity contribution is -0.141. The molecule has 0 aliphatic heterocycles. The molecule has 1 aromatic heterocycles. The van der Waals surface area contributed by atoms with Crippen molar-refractivity contribution in [1.82, 2.24) is 9.78 Å². The van der Waals surface area contributed by atoms with E-state index in [0.29, 0.717) is 16.1 Å². The Labute approximate surface area is 156 Å². The highest BCUT2D eigenvalue weighted by Gasteiger charge is 2.39. The monoisotopic (exact) mass is 397 g/mol. The number of aryl methyl sites for hydroxylation is 1. The molecule has 3 rings (SSSR count). The smallest absolute Gasteiger partial charge is 0.319 e. The topological polar surface area (TPSA) is 46.9 Å². The van der Waals surface area contributed by atoms with Crippen LogP contribution in [0.15, 0.2) is 48.7 Å². The van der Waals surface area contributed by atoms with E-state index in [1.807, 2.05) is 0 Å². The summed E-state index contributed by atoms with van der Waals surface area (Å²) in [6.07, 6.45) is -3.89. The van der Waals surface area contributed by atoms with Gasteiger partial charge in [0.15, 0.2) is 5.69 Å². The Kier molecular flexibility index (Phi) is 4.93. The normalized spacial score (nSPS) is 11.5. The maximum Gasteiger partial charge on any atom is 0.435 e. The molecule has 3 aromatic rings. The number of nitrogens with one attached hydrogen (secondary N) is 1. The van der Waals surface area contributed by atoms with Crippen LogP contribution in [0.25, 0.3) is 11.1 Å². The molecule has 9 heteroatoms. The Morgan fingerprint density at radius 3 is 2.44 bits per heavy atom. The molecule has 140 valence electrons. The Hall–Kier alpha value is -2.87. The van der Waals surface area contributed by atoms with E-state index in [0.717, 1.165) is 16.9 Å². The molecule has 0 bridgehead atoms. The Balaban J connectivity index is 2.02. The zero-order valence-electron chi connectivity index (χ0n) is 13.8. The van der Waals surface area contributed by atoms with Gasteiger partial charge in [-0.25, -0.2) is 4.39 Å². The predicted octanol–water partition coefficient (Wildman–Crippen LogP) is 5.15. The van der Waals surface area contributed by atoms with Crippen molar-refractivity contribution in [2.24, 2.45) is 7.05 Å². The van der Waals surface area contributed by atoms with Crippen LogP contribution < -0.4 is 5.32 Å². The van der Waals surface area contributed by atoms with Crippen LogP contribution in [0.5, 0.6) is 0 Å². The highest BCUT2D eigenvalue weighted by Crippen LogP contribution is 2.34. The summed E-state index contributed by atoms with van der Waals surface area (Å²) in [5.41, 5.74) is -1.43. The molecule has 27 heavy (non-hydrogen) atoms. The maximum atomic E-state index is 14.3. The third-order valence-corrected chi connectivity index (χ3v) is 4.00. The van der Waals surface area contributed by atoms with Gasteiger partial charge in [-0.15, -0.1) is 0 Å². The van der Waals surface area contributed by atoms with Gasteiger partial charge in [-0.2, -0.15) is 18.3 Å². The van der Waals surface area contributed by atoms with Crippen LogP contribution in [0.1, 0.15) is 16.1 Å². The first-order valence-corrected chi connectivity index (χ1v) is 8.01. The standard InChI is InChI=1S/C18H12ClF4N3O/c1-26-9-13(16(25-26)18(21,22)23)17(27)24-15-12(3-2-4-14(15)20)10-5-7-11(19)8-6-10/h2-9H,1H3,(H,24,27). The molecular formula is C18H12ClF4N3O. The van der Waals surface area contributed by atoms with E-state index < -0.39 is 29.2 Å². The first-order valence-electron chi connectivity index (χ1n) is 7.63. The predicted molar refractivity (Wildman–Crippen MR) is 93.0 cm³/mol. The average molecular weight is 398 g/mol. The lowest BCUT2D eigenvalue weighted by atomic mass is 10.0. The van der Waals surface area contributed by atoms with Gasteiger partial charge in [-0.1, -0.05) is 35.9 Å². The van der Waals surface area contributed by atoms with Gasteiger partial charge in [0.2, 0.25) is 0 Å². The number of hydrogen-bond donors (Lipinski definition) is 1. The third-order valence-electron chi connectivity index (χ3n) is 3.75. The molecule has 2 aromatic carbocycles. The summed E-state index contributed by atoms with van der Waals surface area (Å²) in [6.45, 7) is 0. The molecule has 0 aliphatic rings. The van der Waals surface area contributed by atoms with Crippen molar-refractivity contribution in [1.29, 1.82) is 0 Å². The SMILES string of the molecule is Cn1cc(C(=O)Nc2c(F)cccc2-c2ccc(Cl)cc2)c(C(F)(F)F)n1. The summed E-state index contributed by atoms with van der Waals surface area (Å²) in [4.78, 5) is 12.4. The molecule has 0 saturated heterocycles. The van der Waals surface area contributed by atoms with E-state index in [4.69, 9.17) is 11.6 Å². The maximum absolute atomic E-state index is 14.3. The van der Waals surface area contributed by atoms with Crippen LogP contribution in [0.4, 0.5) is 23.2 Å². The third kappa shape index (κ3) is 3.95. The number of hydrogen-bond acceptors (Lipinski definition) is 2. The molecule has 0 unspecified atom stereocenters. The van der Waals surface area contributed by atoms with Gasteiger partial charge >= 0.3 is 6.18 Å². The minimum Gasteiger partial charge on any atom is -0.319 e. The van der Waals surface area contributed by atoms with Crippen LogP contribution >= 0.6 is 11.6 Å². The molecule has 4 nitrogen and oxygen atoms in total. The fourth-order valence-electron chi connectivity index (χ4n) is 2.57. The summed E-state index contributed by atoms with van der Waals surface area (Å²) >= 11 is 5.84. The van der Waals surface area contributed by atoms with E-state index in [2.05, 4.69) is 10.4 Å². The van der Waals surface area contributed by atoms with Crippen LogP contribution in [0.2, 0.25) is 5.02 Å². The second-order valence-electron chi connectivity index (χ2n) is 5.69. The van der Waals surface area contributed by atoms with Gasteiger partial charge in [0.25, 0.3) is 5.91 Å². The van der Waals surface area contributed by atoms with Gasteiger partial charge in [-0.05, 0) is 23.8 Å². The zero-order valence-corrected chi connectivity index (χ0v) is 14.6. The summed E-state index contributed by atoms with van der Waals surface area (Å²) in [7, 11) is 1.26. The van der Waals surface area contributed by atoms with Gasteiger partial charge in [0, 0.05) is 23.8 Å². The van der Waals surface area contributed by atoms with E-state index in [1.54, 1.807) is 24.3 Å². The number of benzene rings is 2. The van der Waals surface area contributed by atoms with Crippen molar-refractivity contribution >= 4 is 23.2 Å². The van der Waals surface area contributed by atoms with E-state index in [9.17, 15) is 22.4 Å². The number of anilines is 1. The fraction of sp³-hybridized carbons (Fsp3) is 0.111. The molecule has 1 N–H and O–H groups in total. The number of amides is 1. The molecule has 0 spiro atoms. The minimum absolute atomic E-state index is 0.234. The van der Waals surface area contributed by atoms with Gasteiger partial charge in [-0.3, -0.25) is 9.48 Å². The second kappa shape index (κ2) is 7.03. The van der Waals surface area contributed by atoms with Crippen molar-refractivity contribution in [2.75, 3.05) is 5.32 Å². The Morgan fingerprint density at radius 1 is 1.15 bits per heavy atom. The molecule has 0 fully saturated rings. The number of carbonyl (C=O) groups is 1. The first kappa shape index (κ1) is 18.9. The van der Waals surface area contributed by atoms with Gasteiger partial charge in [0.05, 0.1) is 11.3 Å². The van der Waals surface area contributed by atoms with Crippen LogP contribution in [-0.4, -0.2) is 15.7 Å². The fourth-order valence-corrected chi connectivity index (χ4v) is 2.69. The lowest BCUT2D eigenvalue weighted by Crippen LogP contribution is -2.18. The van der Waals surface area contributed by atoms with Gasteiger partial charge in [0.1, 0.15) is 5.82 Å². The van der Waals surface area contributed by atoms with E-state index >= 15 is 0 Å². The Morgan fingerprint density at radius 2 is 1.81 bits per heavy atom. The highest BCUT2D eigenvalue weighted by atomic mass is 35.5. The summed E-state index contributed by atoms with van der Waals surface area (Å²) in [5.74, 6) is -1.90. The van der Waals surface area contributed by atoms with Crippen molar-refractivity contribution in [3.8, 4) is 11.1 Å². The van der Waals surface area contributed by atoms with Crippen molar-refractivity contribution in [3.05, 3.63) is 70.8 Å². The molecule has 0 saturated carbocycles. The molecule has 0 aliphatic carbocycles. The number of aromatic nitrogens is 2. The second-order valence-corrected chi connectivity index (χ2v) is 6.12. The number of halogens is 5. The summed E-state index contributed by atoms with van der Waals surface area (Å²) < 4.78 is 54.5. The average Bonchev–Trinajstić information content (AvgIpc) is 3.00. The molecule has 1 amide bonds. The number of nitrogens with zero attached hydrogens (tertiary/aromatic N) is 2. The van der Waals surface area contributed by atoms with Crippen LogP contribution in [-0.2, 0) is 13.2 Å². The molecular weight excluding hydrogens is 386 g/mol. The van der Waals surface area contributed by atoms with E-state index in [1.165, 1.54) is 19.2 Å². The molecule has 0 atom stereocenters. The number of alkyl halides is 3. The van der Waals surface area contributed by atoms with Crippen molar-refractivity contribution < 1.29 is 22.4 Å². The van der Waals surface area contributed by atoms with Crippen LogP contribution in [0.3, 0.4) is 0 Å². The minimum atomic E-state index is -4.82. The van der Waals surface area contributed by atoms with Crippen LogP contribution in [0, 0.1) is 5.82 Å². The quantitative estimate of drug-likeness (QED) is 0.621. The summed E-state index contributed by atoms with van der Waals surface area (Å²) in [6, 6.07) is 10.4.